The number of aromatic nitrogens is 4. The van der Waals surface area contributed by atoms with E-state index in [9.17, 15) is 8.42 Å². The zero-order valence-electron chi connectivity index (χ0n) is 16.9. The van der Waals surface area contributed by atoms with Crippen LogP contribution in [0.3, 0.4) is 0 Å². The quantitative estimate of drug-likeness (QED) is 0.782. The highest BCUT2D eigenvalue weighted by Gasteiger charge is 2.34. The van der Waals surface area contributed by atoms with Gasteiger partial charge in [-0.25, -0.2) is 13.4 Å². The Labute approximate surface area is 167 Å². The van der Waals surface area contributed by atoms with Crippen molar-refractivity contribution in [3.63, 3.8) is 0 Å². The maximum atomic E-state index is 12.6. The Kier molecular flexibility index (Phi) is 4.93. The van der Waals surface area contributed by atoms with Gasteiger partial charge in [0.05, 0.1) is 22.7 Å². The smallest absolute Gasteiger partial charge is 0.200 e. The summed E-state index contributed by atoms with van der Waals surface area (Å²) >= 11 is 0. The molecule has 1 fully saturated rings. The third-order valence-electron chi connectivity index (χ3n) is 5.82. The average Bonchev–Trinajstić information content (AvgIpc) is 3.21. The highest BCUT2D eigenvalue weighted by atomic mass is 32.2. The Hall–Kier alpha value is -1.96. The van der Waals surface area contributed by atoms with Gasteiger partial charge in [0.15, 0.2) is 20.7 Å². The predicted molar refractivity (Wildman–Crippen MR) is 108 cm³/mol. The number of hydrogen-bond acceptors (Lipinski definition) is 6. The highest BCUT2D eigenvalue weighted by Crippen LogP contribution is 2.36. The van der Waals surface area contributed by atoms with Crippen LogP contribution in [0.1, 0.15) is 70.6 Å². The fraction of sp³-hybridized carbons (Fsp3) is 0.650. The number of pyridine rings is 1. The van der Waals surface area contributed by atoms with E-state index in [2.05, 4.69) is 24.6 Å². The molecule has 2 aromatic rings. The molecule has 7 nitrogen and oxygen atoms in total. The number of anilines is 1. The number of nitrogens with zero attached hydrogens (tertiary/aromatic N) is 5. The molecule has 0 bridgehead atoms. The molecule has 0 saturated carbocycles. The van der Waals surface area contributed by atoms with Crippen LogP contribution in [0, 0.1) is 0 Å². The van der Waals surface area contributed by atoms with Crippen LogP contribution in [0.25, 0.3) is 0 Å². The zero-order valence-corrected chi connectivity index (χ0v) is 17.7. The van der Waals surface area contributed by atoms with Gasteiger partial charge in [-0.1, -0.05) is 6.42 Å². The molecule has 8 heteroatoms. The SMILES string of the molecule is CC(C)(C)S(=O)(=O)c1ccc(N2CCCC2c2nnc3n2CCCCC3)cn1. The van der Waals surface area contributed by atoms with Crippen LogP contribution in [-0.2, 0) is 22.8 Å². The molecule has 0 amide bonds. The third kappa shape index (κ3) is 3.32. The summed E-state index contributed by atoms with van der Waals surface area (Å²) in [6.07, 6.45) is 8.39. The number of rotatable bonds is 3. The molecule has 28 heavy (non-hydrogen) atoms. The van der Waals surface area contributed by atoms with Crippen LogP contribution in [0.5, 0.6) is 0 Å². The molecule has 4 rings (SSSR count). The number of fused-ring (bicyclic) bond motifs is 1. The van der Waals surface area contributed by atoms with Crippen LogP contribution in [0.4, 0.5) is 5.69 Å². The van der Waals surface area contributed by atoms with Gasteiger partial charge in [-0.05, 0) is 58.6 Å². The third-order valence-corrected chi connectivity index (χ3v) is 8.23. The molecular formula is C20H29N5O2S. The molecule has 1 saturated heterocycles. The van der Waals surface area contributed by atoms with Gasteiger partial charge in [-0.3, -0.25) is 0 Å². The molecule has 1 atom stereocenters. The summed E-state index contributed by atoms with van der Waals surface area (Å²) in [7, 11) is -3.45. The lowest BCUT2D eigenvalue weighted by Crippen LogP contribution is -2.29. The molecule has 1 unspecified atom stereocenters. The lowest BCUT2D eigenvalue weighted by molar-refractivity contribution is 0.555. The lowest BCUT2D eigenvalue weighted by Gasteiger charge is -2.27. The Morgan fingerprint density at radius 2 is 1.86 bits per heavy atom. The lowest BCUT2D eigenvalue weighted by atomic mass is 10.2. The van der Waals surface area contributed by atoms with Crippen molar-refractivity contribution in [1.82, 2.24) is 19.7 Å². The summed E-state index contributed by atoms with van der Waals surface area (Å²) in [5, 5.41) is 9.13. The Balaban J connectivity index is 1.62. The van der Waals surface area contributed by atoms with E-state index < -0.39 is 14.6 Å². The van der Waals surface area contributed by atoms with Crippen LogP contribution in [-0.4, -0.2) is 39.5 Å². The van der Waals surface area contributed by atoms with Crippen molar-refractivity contribution >= 4 is 15.5 Å². The minimum Gasteiger partial charge on any atom is -0.360 e. The van der Waals surface area contributed by atoms with Gasteiger partial charge >= 0.3 is 0 Å². The van der Waals surface area contributed by atoms with E-state index in [0.29, 0.717) is 0 Å². The fourth-order valence-electron chi connectivity index (χ4n) is 4.11. The molecule has 152 valence electrons. The first-order valence-electron chi connectivity index (χ1n) is 10.2. The minimum absolute atomic E-state index is 0.135. The molecule has 2 aliphatic rings. The maximum Gasteiger partial charge on any atom is 0.200 e. The van der Waals surface area contributed by atoms with E-state index >= 15 is 0 Å². The molecular weight excluding hydrogens is 374 g/mol. The minimum atomic E-state index is -3.45. The van der Waals surface area contributed by atoms with Gasteiger partial charge in [-0.2, -0.15) is 0 Å². The largest absolute Gasteiger partial charge is 0.360 e. The van der Waals surface area contributed by atoms with Gasteiger partial charge in [0.2, 0.25) is 0 Å². The summed E-state index contributed by atoms with van der Waals surface area (Å²) in [6, 6.07) is 3.69. The van der Waals surface area contributed by atoms with Gasteiger partial charge in [0, 0.05) is 19.5 Å². The van der Waals surface area contributed by atoms with E-state index in [1.54, 1.807) is 33.0 Å². The molecule has 0 aliphatic carbocycles. The molecule has 2 aromatic heterocycles. The zero-order chi connectivity index (χ0) is 19.9. The van der Waals surface area contributed by atoms with E-state index in [0.717, 1.165) is 49.7 Å². The second kappa shape index (κ2) is 7.13. The summed E-state index contributed by atoms with van der Waals surface area (Å²) in [5.41, 5.74) is 0.946. The molecule has 2 aliphatic heterocycles. The van der Waals surface area contributed by atoms with Crippen molar-refractivity contribution in [2.45, 2.75) is 81.7 Å². The summed E-state index contributed by atoms with van der Waals surface area (Å²) < 4.78 is 26.7. The average molecular weight is 404 g/mol. The Morgan fingerprint density at radius 3 is 2.57 bits per heavy atom. The number of sulfone groups is 1. The first-order chi connectivity index (χ1) is 13.3. The second-order valence-electron chi connectivity index (χ2n) is 8.76. The Morgan fingerprint density at radius 1 is 1.04 bits per heavy atom. The summed E-state index contributed by atoms with van der Waals surface area (Å²) in [6.45, 7) is 7.01. The van der Waals surface area contributed by atoms with Crippen LogP contribution in [0.15, 0.2) is 23.4 Å². The van der Waals surface area contributed by atoms with E-state index in [1.807, 2.05) is 6.07 Å². The van der Waals surface area contributed by atoms with Crippen molar-refractivity contribution < 1.29 is 8.42 Å². The van der Waals surface area contributed by atoms with Gasteiger partial charge in [0.25, 0.3) is 0 Å². The molecule has 4 heterocycles. The molecule has 0 spiro atoms. The van der Waals surface area contributed by atoms with Crippen molar-refractivity contribution in [3.05, 3.63) is 30.0 Å². The second-order valence-corrected chi connectivity index (χ2v) is 11.4. The normalized spacial score (nSPS) is 20.8. The number of aryl methyl sites for hydroxylation is 1. The standard InChI is InChI=1S/C20H29N5O2S/c1-20(2,3)28(26,27)18-11-10-15(14-21-18)24-13-7-8-16(24)19-23-22-17-9-5-4-6-12-25(17)19/h10-11,14,16H,4-9,12-13H2,1-3H3. The van der Waals surface area contributed by atoms with Crippen LogP contribution in [0.2, 0.25) is 0 Å². The molecule has 0 N–H and O–H groups in total. The first kappa shape index (κ1) is 19.4. The Bertz CT molecular complexity index is 944. The van der Waals surface area contributed by atoms with Gasteiger partial charge in [-0.15, -0.1) is 10.2 Å². The predicted octanol–water partition coefficient (Wildman–Crippen LogP) is 3.31. The number of hydrogen-bond donors (Lipinski definition) is 0. The summed E-state index contributed by atoms with van der Waals surface area (Å²) in [4.78, 5) is 6.60. The fourth-order valence-corrected chi connectivity index (χ4v) is 5.18. The van der Waals surface area contributed by atoms with Gasteiger partial charge < -0.3 is 9.47 Å². The monoisotopic (exact) mass is 403 g/mol. The highest BCUT2D eigenvalue weighted by molar-refractivity contribution is 7.92. The first-order valence-corrected chi connectivity index (χ1v) is 11.7. The van der Waals surface area contributed by atoms with Crippen molar-refractivity contribution in [2.75, 3.05) is 11.4 Å². The maximum absolute atomic E-state index is 12.6. The van der Waals surface area contributed by atoms with Crippen LogP contribution < -0.4 is 4.90 Å². The molecule has 0 aromatic carbocycles. The van der Waals surface area contributed by atoms with Gasteiger partial charge in [0.1, 0.15) is 5.82 Å². The van der Waals surface area contributed by atoms with Crippen molar-refractivity contribution in [1.29, 1.82) is 0 Å². The topological polar surface area (TPSA) is 81.0 Å². The van der Waals surface area contributed by atoms with E-state index in [1.165, 1.54) is 19.3 Å². The summed E-state index contributed by atoms with van der Waals surface area (Å²) in [5.74, 6) is 2.14. The van der Waals surface area contributed by atoms with E-state index in [-0.39, 0.29) is 11.1 Å². The van der Waals surface area contributed by atoms with Crippen LogP contribution >= 0.6 is 0 Å². The molecule has 0 radical (unpaired) electrons. The van der Waals surface area contributed by atoms with Crippen molar-refractivity contribution in [3.8, 4) is 0 Å². The van der Waals surface area contributed by atoms with E-state index in [4.69, 9.17) is 0 Å². The van der Waals surface area contributed by atoms with Crippen molar-refractivity contribution in [2.24, 2.45) is 0 Å².